The van der Waals surface area contributed by atoms with Gasteiger partial charge in [-0.1, -0.05) is 29.8 Å². The molecule has 3 aromatic rings. The minimum Gasteiger partial charge on any atom is -0.390 e. The van der Waals surface area contributed by atoms with Crippen molar-refractivity contribution in [1.29, 1.82) is 0 Å². The molecule has 148 valence electrons. The Hall–Kier alpha value is -2.48. The van der Waals surface area contributed by atoms with Crippen molar-refractivity contribution in [2.45, 2.75) is 38.6 Å². The quantitative estimate of drug-likeness (QED) is 0.680. The van der Waals surface area contributed by atoms with Gasteiger partial charge in [0.05, 0.1) is 30.1 Å². The van der Waals surface area contributed by atoms with E-state index in [0.717, 1.165) is 15.2 Å². The molecule has 2 atom stereocenters. The highest BCUT2D eigenvalue weighted by atomic mass is 35.5. The molecule has 1 aromatic heterocycles. The van der Waals surface area contributed by atoms with Crippen LogP contribution in [0.3, 0.4) is 0 Å². The summed E-state index contributed by atoms with van der Waals surface area (Å²) < 4.78 is 16.5. The van der Waals surface area contributed by atoms with Gasteiger partial charge in [-0.15, -0.1) is 0 Å². The number of fused-ring (bicyclic) bond motifs is 1. The van der Waals surface area contributed by atoms with E-state index < -0.39 is 28.8 Å². The van der Waals surface area contributed by atoms with Gasteiger partial charge in [0.1, 0.15) is 11.4 Å². The molecule has 2 unspecified atom stereocenters. The number of aliphatic hydroxyl groups is 2. The van der Waals surface area contributed by atoms with Crippen molar-refractivity contribution in [2.24, 2.45) is 0 Å². The SMILES string of the molecule is CC(O)C(C)(O)Cn1c(=O)n(Cc2ccc(Cl)cc2)c(=O)c2cccc(F)c21. The Bertz CT molecular complexity index is 1130. The summed E-state index contributed by atoms with van der Waals surface area (Å²) in [4.78, 5) is 25.9. The molecule has 2 aromatic carbocycles. The van der Waals surface area contributed by atoms with Crippen molar-refractivity contribution < 1.29 is 14.6 Å². The molecular weight excluding hydrogens is 387 g/mol. The Morgan fingerprint density at radius 3 is 2.39 bits per heavy atom. The number of aromatic nitrogens is 2. The van der Waals surface area contributed by atoms with E-state index in [4.69, 9.17) is 11.6 Å². The second kappa shape index (κ2) is 7.50. The monoisotopic (exact) mass is 406 g/mol. The van der Waals surface area contributed by atoms with Crippen LogP contribution >= 0.6 is 11.6 Å². The van der Waals surface area contributed by atoms with E-state index in [2.05, 4.69) is 0 Å². The number of aliphatic hydroxyl groups excluding tert-OH is 1. The van der Waals surface area contributed by atoms with E-state index >= 15 is 0 Å². The third-order valence-electron chi connectivity index (χ3n) is 4.83. The molecule has 0 fully saturated rings. The van der Waals surface area contributed by atoms with Crippen LogP contribution < -0.4 is 11.2 Å². The second-order valence-corrected chi connectivity index (χ2v) is 7.49. The highest BCUT2D eigenvalue weighted by Crippen LogP contribution is 2.18. The van der Waals surface area contributed by atoms with Crippen LogP contribution in [-0.4, -0.2) is 31.1 Å². The Morgan fingerprint density at radius 2 is 1.79 bits per heavy atom. The second-order valence-electron chi connectivity index (χ2n) is 7.06. The van der Waals surface area contributed by atoms with Crippen molar-refractivity contribution >= 4 is 22.5 Å². The predicted octanol–water partition coefficient (Wildman–Crippen LogP) is 2.14. The topological polar surface area (TPSA) is 84.5 Å². The summed E-state index contributed by atoms with van der Waals surface area (Å²) in [7, 11) is 0. The van der Waals surface area contributed by atoms with Gasteiger partial charge in [-0.05, 0) is 43.7 Å². The van der Waals surface area contributed by atoms with Crippen molar-refractivity contribution in [2.75, 3.05) is 0 Å². The highest BCUT2D eigenvalue weighted by Gasteiger charge is 2.30. The zero-order valence-corrected chi connectivity index (χ0v) is 16.2. The minimum absolute atomic E-state index is 0.00922. The number of hydrogen-bond acceptors (Lipinski definition) is 4. The molecule has 0 bridgehead atoms. The molecule has 0 aliphatic rings. The lowest BCUT2D eigenvalue weighted by Gasteiger charge is -2.28. The van der Waals surface area contributed by atoms with Gasteiger partial charge in [0.15, 0.2) is 0 Å². The van der Waals surface area contributed by atoms with Crippen LogP contribution in [0.5, 0.6) is 0 Å². The molecule has 0 spiro atoms. The van der Waals surface area contributed by atoms with Crippen LogP contribution in [0.25, 0.3) is 10.9 Å². The summed E-state index contributed by atoms with van der Waals surface area (Å²) >= 11 is 5.87. The molecular formula is C20H20ClFN2O4. The van der Waals surface area contributed by atoms with Crippen molar-refractivity contribution in [3.63, 3.8) is 0 Å². The molecule has 8 heteroatoms. The zero-order valence-electron chi connectivity index (χ0n) is 15.4. The summed E-state index contributed by atoms with van der Waals surface area (Å²) in [6.45, 7) is 2.28. The van der Waals surface area contributed by atoms with Crippen LogP contribution in [-0.2, 0) is 13.1 Å². The van der Waals surface area contributed by atoms with Crippen LogP contribution in [0.1, 0.15) is 19.4 Å². The Kier molecular flexibility index (Phi) is 5.43. The van der Waals surface area contributed by atoms with Gasteiger partial charge in [0.25, 0.3) is 5.56 Å². The maximum Gasteiger partial charge on any atom is 0.331 e. The van der Waals surface area contributed by atoms with Crippen LogP contribution in [0.2, 0.25) is 5.02 Å². The van der Waals surface area contributed by atoms with Gasteiger partial charge >= 0.3 is 5.69 Å². The van der Waals surface area contributed by atoms with E-state index in [1.165, 1.54) is 26.0 Å². The lowest BCUT2D eigenvalue weighted by Crippen LogP contribution is -2.48. The average molecular weight is 407 g/mol. The van der Waals surface area contributed by atoms with E-state index in [9.17, 15) is 24.2 Å². The van der Waals surface area contributed by atoms with Gasteiger partial charge in [-0.2, -0.15) is 0 Å². The number of benzene rings is 2. The summed E-state index contributed by atoms with van der Waals surface area (Å²) in [5.41, 5.74) is -2.67. The van der Waals surface area contributed by atoms with E-state index in [1.54, 1.807) is 24.3 Å². The van der Waals surface area contributed by atoms with Crippen LogP contribution in [0.4, 0.5) is 4.39 Å². The van der Waals surface area contributed by atoms with Crippen molar-refractivity contribution in [1.82, 2.24) is 9.13 Å². The molecule has 1 heterocycles. The maximum absolute atomic E-state index is 14.5. The van der Waals surface area contributed by atoms with E-state index in [0.29, 0.717) is 10.6 Å². The van der Waals surface area contributed by atoms with Gasteiger partial charge in [-0.3, -0.25) is 13.9 Å². The molecule has 3 rings (SSSR count). The standard InChI is InChI=1S/C20H20ClFN2O4/c1-12(25)20(2,28)11-24-17-15(4-3-5-16(17)22)18(26)23(19(24)27)10-13-6-8-14(21)9-7-13/h3-9,12,25,28H,10-11H2,1-2H3. The number of halogens is 2. The largest absolute Gasteiger partial charge is 0.390 e. The molecule has 0 radical (unpaired) electrons. The first-order valence-electron chi connectivity index (χ1n) is 8.68. The fourth-order valence-electron chi connectivity index (χ4n) is 2.95. The zero-order chi connectivity index (χ0) is 20.6. The predicted molar refractivity (Wildman–Crippen MR) is 105 cm³/mol. The van der Waals surface area contributed by atoms with Gasteiger partial charge in [0.2, 0.25) is 0 Å². The van der Waals surface area contributed by atoms with Gasteiger partial charge < -0.3 is 10.2 Å². The molecule has 6 nitrogen and oxygen atoms in total. The number of nitrogens with zero attached hydrogens (tertiary/aromatic N) is 2. The van der Waals surface area contributed by atoms with Crippen molar-refractivity contribution in [3.05, 3.63) is 79.7 Å². The van der Waals surface area contributed by atoms with Gasteiger partial charge in [-0.25, -0.2) is 9.18 Å². The average Bonchev–Trinajstić information content (AvgIpc) is 2.63. The number of hydrogen-bond donors (Lipinski definition) is 2. The van der Waals surface area contributed by atoms with Crippen LogP contribution in [0, 0.1) is 5.82 Å². The van der Waals surface area contributed by atoms with Crippen LogP contribution in [0.15, 0.2) is 52.1 Å². The highest BCUT2D eigenvalue weighted by molar-refractivity contribution is 6.30. The lowest BCUT2D eigenvalue weighted by atomic mass is 10.0. The summed E-state index contributed by atoms with van der Waals surface area (Å²) in [6.07, 6.45) is -1.18. The third-order valence-corrected chi connectivity index (χ3v) is 5.08. The number of rotatable bonds is 5. The third kappa shape index (κ3) is 3.73. The lowest BCUT2D eigenvalue weighted by molar-refractivity contribution is -0.0633. The van der Waals surface area contributed by atoms with Crippen molar-refractivity contribution in [3.8, 4) is 0 Å². The summed E-state index contributed by atoms with van der Waals surface area (Å²) in [5.74, 6) is -0.758. The minimum atomic E-state index is -1.71. The summed E-state index contributed by atoms with van der Waals surface area (Å²) in [5, 5.41) is 20.8. The first-order chi connectivity index (χ1) is 13.1. The molecule has 0 aliphatic heterocycles. The van der Waals surface area contributed by atoms with Gasteiger partial charge in [0, 0.05) is 5.02 Å². The first-order valence-corrected chi connectivity index (χ1v) is 9.06. The normalized spacial score (nSPS) is 14.8. The Morgan fingerprint density at radius 1 is 1.14 bits per heavy atom. The number of para-hydroxylation sites is 1. The molecule has 28 heavy (non-hydrogen) atoms. The van der Waals surface area contributed by atoms with E-state index in [1.807, 2.05) is 0 Å². The Balaban J connectivity index is 2.27. The fraction of sp³-hybridized carbons (Fsp3) is 0.300. The summed E-state index contributed by atoms with van der Waals surface area (Å²) in [6, 6.07) is 10.6. The van der Waals surface area contributed by atoms with E-state index in [-0.39, 0.29) is 24.0 Å². The first kappa shape index (κ1) is 20.3. The smallest absolute Gasteiger partial charge is 0.331 e. The molecule has 0 saturated carbocycles. The Labute approximate surface area is 165 Å². The molecule has 0 aliphatic carbocycles. The molecule has 0 saturated heterocycles. The maximum atomic E-state index is 14.5. The fourth-order valence-corrected chi connectivity index (χ4v) is 3.07. The molecule has 2 N–H and O–H groups in total. The molecule has 0 amide bonds.